The fourth-order valence-corrected chi connectivity index (χ4v) is 1.95. The molecule has 17 heavy (non-hydrogen) atoms. The minimum atomic E-state index is 0.161. The lowest BCUT2D eigenvalue weighted by Gasteiger charge is -2.02. The van der Waals surface area contributed by atoms with Gasteiger partial charge in [0.1, 0.15) is 6.33 Å². The lowest BCUT2D eigenvalue weighted by atomic mass is 10.1. The van der Waals surface area contributed by atoms with E-state index in [1.807, 2.05) is 0 Å². The maximum Gasteiger partial charge on any atom is 0.231 e. The van der Waals surface area contributed by atoms with E-state index in [4.69, 9.17) is 0 Å². The summed E-state index contributed by atoms with van der Waals surface area (Å²) in [5.74, 6) is 0.161. The Morgan fingerprint density at radius 3 is 2.29 bits per heavy atom. The highest BCUT2D eigenvalue weighted by atomic mass is 16.2. The molecule has 0 bridgehead atoms. The third-order valence-electron chi connectivity index (χ3n) is 3.04. The minimum absolute atomic E-state index is 0.161. The molecule has 0 aliphatic heterocycles. The highest BCUT2D eigenvalue weighted by Crippen LogP contribution is 2.10. The van der Waals surface area contributed by atoms with Crippen molar-refractivity contribution in [3.05, 3.63) is 18.7 Å². The van der Waals surface area contributed by atoms with Crippen LogP contribution < -0.4 is 0 Å². The van der Waals surface area contributed by atoms with Crippen LogP contribution in [0.4, 0.5) is 0 Å². The smallest absolute Gasteiger partial charge is 0.231 e. The van der Waals surface area contributed by atoms with Crippen LogP contribution in [-0.2, 0) is 0 Å². The van der Waals surface area contributed by atoms with Crippen molar-refractivity contribution in [2.24, 2.45) is 0 Å². The summed E-state index contributed by atoms with van der Waals surface area (Å²) in [7, 11) is 0. The fraction of sp³-hybridized carbons (Fsp3) is 0.714. The molecule has 0 aliphatic rings. The number of imidazole rings is 1. The highest BCUT2D eigenvalue weighted by molar-refractivity contribution is 5.78. The van der Waals surface area contributed by atoms with Gasteiger partial charge < -0.3 is 0 Å². The van der Waals surface area contributed by atoms with E-state index in [9.17, 15) is 4.79 Å². The Kier molecular flexibility index (Phi) is 7.35. The summed E-state index contributed by atoms with van der Waals surface area (Å²) in [6.07, 6.45) is 15.7. The molecule has 0 spiro atoms. The molecule has 0 N–H and O–H groups in total. The van der Waals surface area contributed by atoms with Gasteiger partial charge in [0, 0.05) is 18.8 Å². The van der Waals surface area contributed by atoms with Gasteiger partial charge in [0.2, 0.25) is 5.91 Å². The number of carbonyl (C=O) groups excluding carboxylic acids is 1. The van der Waals surface area contributed by atoms with E-state index in [1.165, 1.54) is 44.9 Å². The van der Waals surface area contributed by atoms with Gasteiger partial charge in [-0.15, -0.1) is 0 Å². The second-order valence-corrected chi connectivity index (χ2v) is 4.59. The Balaban J connectivity index is 1.92. The van der Waals surface area contributed by atoms with Crippen molar-refractivity contribution in [2.75, 3.05) is 0 Å². The molecule has 0 amide bonds. The van der Waals surface area contributed by atoms with Gasteiger partial charge in [0.15, 0.2) is 0 Å². The van der Waals surface area contributed by atoms with E-state index in [1.54, 1.807) is 23.3 Å². The van der Waals surface area contributed by atoms with Crippen LogP contribution >= 0.6 is 0 Å². The predicted octanol–water partition coefficient (Wildman–Crippen LogP) is 4.05. The average Bonchev–Trinajstić information content (AvgIpc) is 2.86. The fourth-order valence-electron chi connectivity index (χ4n) is 1.95. The molecule has 3 nitrogen and oxygen atoms in total. The summed E-state index contributed by atoms with van der Waals surface area (Å²) in [6, 6.07) is 0. The summed E-state index contributed by atoms with van der Waals surface area (Å²) in [6.45, 7) is 2.24. The molecule has 1 rings (SSSR count). The zero-order valence-electron chi connectivity index (χ0n) is 10.9. The first-order valence-corrected chi connectivity index (χ1v) is 6.85. The van der Waals surface area contributed by atoms with Crippen LogP contribution in [0.5, 0.6) is 0 Å². The molecule has 0 unspecified atom stereocenters. The highest BCUT2D eigenvalue weighted by Gasteiger charge is 2.02. The minimum Gasteiger partial charge on any atom is -0.276 e. The second-order valence-electron chi connectivity index (χ2n) is 4.59. The normalized spacial score (nSPS) is 10.6. The summed E-state index contributed by atoms with van der Waals surface area (Å²) in [5.41, 5.74) is 0. The number of carbonyl (C=O) groups is 1. The molecule has 0 aliphatic carbocycles. The number of unbranched alkanes of at least 4 members (excludes halogenated alkanes) is 7. The zero-order chi connectivity index (χ0) is 12.3. The third kappa shape index (κ3) is 6.25. The first kappa shape index (κ1) is 13.9. The van der Waals surface area contributed by atoms with Crippen LogP contribution in [0.3, 0.4) is 0 Å². The summed E-state index contributed by atoms with van der Waals surface area (Å²) in [4.78, 5) is 15.5. The van der Waals surface area contributed by atoms with E-state index in [-0.39, 0.29) is 5.91 Å². The largest absolute Gasteiger partial charge is 0.276 e. The molecule has 1 aromatic heterocycles. The van der Waals surface area contributed by atoms with Crippen molar-refractivity contribution in [1.29, 1.82) is 0 Å². The van der Waals surface area contributed by atoms with Crippen LogP contribution in [0, 0.1) is 0 Å². The standard InChI is InChI=1S/C14H24N2O/c1-2-3-4-5-6-7-8-9-10-14(17)16-12-11-15-13-16/h11-13H,2-10H2,1H3. The lowest BCUT2D eigenvalue weighted by Crippen LogP contribution is -2.07. The van der Waals surface area contributed by atoms with Crippen molar-refractivity contribution in [3.8, 4) is 0 Å². The molecule has 1 heterocycles. The van der Waals surface area contributed by atoms with Gasteiger partial charge in [-0.3, -0.25) is 9.36 Å². The van der Waals surface area contributed by atoms with Gasteiger partial charge in [-0.05, 0) is 6.42 Å². The average molecular weight is 236 g/mol. The van der Waals surface area contributed by atoms with Crippen LogP contribution in [0.1, 0.15) is 69.5 Å². The Morgan fingerprint density at radius 1 is 1.06 bits per heavy atom. The van der Waals surface area contributed by atoms with Crippen molar-refractivity contribution in [3.63, 3.8) is 0 Å². The maximum atomic E-state index is 11.6. The molecular weight excluding hydrogens is 212 g/mol. The topological polar surface area (TPSA) is 34.9 Å². The van der Waals surface area contributed by atoms with Crippen molar-refractivity contribution in [1.82, 2.24) is 9.55 Å². The van der Waals surface area contributed by atoms with E-state index in [0.29, 0.717) is 6.42 Å². The molecule has 0 aromatic carbocycles. The van der Waals surface area contributed by atoms with Crippen molar-refractivity contribution in [2.45, 2.75) is 64.7 Å². The third-order valence-corrected chi connectivity index (χ3v) is 3.04. The Hall–Kier alpha value is -1.12. The first-order chi connectivity index (χ1) is 8.34. The molecule has 1 aromatic rings. The summed E-state index contributed by atoms with van der Waals surface area (Å²) < 4.78 is 1.57. The van der Waals surface area contributed by atoms with E-state index in [0.717, 1.165) is 6.42 Å². The Morgan fingerprint density at radius 2 is 1.71 bits per heavy atom. The summed E-state index contributed by atoms with van der Waals surface area (Å²) in [5, 5.41) is 0. The SMILES string of the molecule is CCCCCCCCCCC(=O)n1ccnc1. The predicted molar refractivity (Wildman–Crippen MR) is 70.1 cm³/mol. The zero-order valence-corrected chi connectivity index (χ0v) is 10.9. The molecular formula is C14H24N2O. The number of hydrogen-bond donors (Lipinski definition) is 0. The van der Waals surface area contributed by atoms with E-state index < -0.39 is 0 Å². The van der Waals surface area contributed by atoms with Gasteiger partial charge in [0.25, 0.3) is 0 Å². The molecule has 3 heteroatoms. The van der Waals surface area contributed by atoms with Crippen molar-refractivity contribution < 1.29 is 4.79 Å². The number of nitrogens with zero attached hydrogens (tertiary/aromatic N) is 2. The van der Waals surface area contributed by atoms with Crippen molar-refractivity contribution >= 4 is 5.91 Å². The molecule has 0 saturated carbocycles. The Labute approximate surface area is 104 Å². The van der Waals surface area contributed by atoms with Gasteiger partial charge >= 0.3 is 0 Å². The molecule has 0 atom stereocenters. The van der Waals surface area contributed by atoms with E-state index >= 15 is 0 Å². The van der Waals surface area contributed by atoms with Gasteiger partial charge in [-0.25, -0.2) is 4.98 Å². The second kappa shape index (κ2) is 8.97. The van der Waals surface area contributed by atoms with Gasteiger partial charge in [-0.1, -0.05) is 51.9 Å². The Bertz CT molecular complexity index is 293. The first-order valence-electron chi connectivity index (χ1n) is 6.85. The van der Waals surface area contributed by atoms with Crippen LogP contribution in [-0.4, -0.2) is 15.5 Å². The summed E-state index contributed by atoms with van der Waals surface area (Å²) >= 11 is 0. The van der Waals surface area contributed by atoms with Gasteiger partial charge in [-0.2, -0.15) is 0 Å². The molecule has 0 radical (unpaired) electrons. The van der Waals surface area contributed by atoms with Gasteiger partial charge in [0.05, 0.1) is 0 Å². The number of aromatic nitrogens is 2. The van der Waals surface area contributed by atoms with Crippen LogP contribution in [0.15, 0.2) is 18.7 Å². The maximum absolute atomic E-state index is 11.6. The van der Waals surface area contributed by atoms with Crippen LogP contribution in [0.2, 0.25) is 0 Å². The monoisotopic (exact) mass is 236 g/mol. The van der Waals surface area contributed by atoms with Crippen LogP contribution in [0.25, 0.3) is 0 Å². The number of hydrogen-bond acceptors (Lipinski definition) is 2. The molecule has 96 valence electrons. The molecule has 0 fully saturated rings. The van der Waals surface area contributed by atoms with E-state index in [2.05, 4.69) is 11.9 Å². The number of rotatable bonds is 9. The molecule has 0 saturated heterocycles. The quantitative estimate of drug-likeness (QED) is 0.606. The lowest BCUT2D eigenvalue weighted by molar-refractivity contribution is 0.0899.